The Kier molecular flexibility index (Phi) is 7.60. The van der Waals surface area contributed by atoms with Crippen LogP contribution < -0.4 is 5.32 Å². The number of amides is 2. The van der Waals surface area contributed by atoms with Crippen molar-refractivity contribution in [3.63, 3.8) is 0 Å². The Bertz CT molecular complexity index is 1680. The van der Waals surface area contributed by atoms with Crippen molar-refractivity contribution < 1.29 is 23.9 Å². The summed E-state index contributed by atoms with van der Waals surface area (Å²) >= 11 is 0. The molecular weight excluding hydrogens is 533 g/mol. The minimum absolute atomic E-state index is 0.357. The minimum atomic E-state index is -1.95. The number of Topliss-reactive ketones (excluding diaryl/α,β-unsaturated/α-hetero) is 1. The predicted molar refractivity (Wildman–Crippen MR) is 155 cm³/mol. The smallest absolute Gasteiger partial charge is 0.330 e. The van der Waals surface area contributed by atoms with Crippen LogP contribution in [0.25, 0.3) is 0 Å². The Morgan fingerprint density at radius 3 is 2.14 bits per heavy atom. The normalized spacial score (nSPS) is 21.4. The molecule has 4 aromatic rings. The van der Waals surface area contributed by atoms with Crippen molar-refractivity contribution >= 4 is 23.5 Å². The number of carbonyl (C=O) groups excluding carboxylic acids is 2. The fourth-order valence-corrected chi connectivity index (χ4v) is 6.01. The molecule has 210 valence electrons. The molecule has 42 heavy (non-hydrogen) atoms. The number of carbonyl (C=O) groups is 3. The summed E-state index contributed by atoms with van der Waals surface area (Å²) in [4.78, 5) is 43.2. The lowest BCUT2D eigenvalue weighted by Crippen LogP contribution is -2.55. The van der Waals surface area contributed by atoms with Crippen LogP contribution in [0.15, 0.2) is 103 Å². The predicted octanol–water partition coefficient (Wildman–Crippen LogP) is 6.72. The Morgan fingerprint density at radius 2 is 1.55 bits per heavy atom. The van der Waals surface area contributed by atoms with Gasteiger partial charge >= 0.3 is 12.0 Å². The monoisotopic (exact) mass is 561 g/mol. The van der Waals surface area contributed by atoms with Crippen molar-refractivity contribution in [3.05, 3.63) is 137 Å². The zero-order valence-corrected chi connectivity index (χ0v) is 23.0. The first-order valence-corrected chi connectivity index (χ1v) is 13.4. The second-order valence-electron chi connectivity index (χ2n) is 10.6. The lowest BCUT2D eigenvalue weighted by atomic mass is 9.71. The molecule has 1 fully saturated rings. The summed E-state index contributed by atoms with van der Waals surface area (Å²) in [5.41, 5.74) is 0.964. The molecule has 0 aromatic heterocycles. The molecule has 2 amide bonds. The highest BCUT2D eigenvalue weighted by Crippen LogP contribution is 2.56. The number of ketones is 1. The van der Waals surface area contributed by atoms with Gasteiger partial charge in [0.1, 0.15) is 11.4 Å². The number of nitriles is 1. The van der Waals surface area contributed by atoms with Gasteiger partial charge in [0, 0.05) is 17.2 Å². The highest BCUT2D eigenvalue weighted by atomic mass is 19.1. The molecule has 1 saturated heterocycles. The van der Waals surface area contributed by atoms with E-state index in [0.29, 0.717) is 27.9 Å². The van der Waals surface area contributed by atoms with E-state index in [-0.39, 0.29) is 5.78 Å². The van der Waals surface area contributed by atoms with Gasteiger partial charge in [-0.3, -0.25) is 9.69 Å². The molecule has 1 heterocycles. The van der Waals surface area contributed by atoms with E-state index >= 15 is 0 Å². The van der Waals surface area contributed by atoms with Gasteiger partial charge in [-0.1, -0.05) is 66.2 Å². The Morgan fingerprint density at radius 1 is 0.905 bits per heavy atom. The van der Waals surface area contributed by atoms with Crippen LogP contribution in [0.1, 0.15) is 51.5 Å². The summed E-state index contributed by atoms with van der Waals surface area (Å²) in [5.74, 6) is -4.33. The number of nitrogens with zero attached hydrogens (tertiary/aromatic N) is 2. The maximum absolute atomic E-state index is 14.5. The van der Waals surface area contributed by atoms with Gasteiger partial charge in [-0.25, -0.2) is 14.0 Å². The fraction of sp³-hybridized carbons (Fsp3) is 0.176. The van der Waals surface area contributed by atoms with E-state index in [2.05, 4.69) is 11.4 Å². The average molecular weight is 562 g/mol. The zero-order chi connectivity index (χ0) is 30.0. The van der Waals surface area contributed by atoms with Gasteiger partial charge in [0.05, 0.1) is 23.6 Å². The SMILES string of the molecule is Cc1cccc(C(=O)C2C(c3ccc(C#N)cc3)N(C(=O)Nc3ccccc3)C(C)(C(=O)O)C2c2ccc(F)cc2)c1. The van der Waals surface area contributed by atoms with E-state index in [4.69, 9.17) is 0 Å². The second-order valence-corrected chi connectivity index (χ2v) is 10.6. The van der Waals surface area contributed by atoms with E-state index in [0.717, 1.165) is 5.56 Å². The maximum atomic E-state index is 14.5. The van der Waals surface area contributed by atoms with Crippen LogP contribution in [0.4, 0.5) is 14.9 Å². The first-order chi connectivity index (χ1) is 20.1. The van der Waals surface area contributed by atoms with Crippen LogP contribution in [-0.4, -0.2) is 33.3 Å². The maximum Gasteiger partial charge on any atom is 0.330 e. The third-order valence-electron chi connectivity index (χ3n) is 7.98. The molecule has 4 unspecified atom stereocenters. The molecule has 0 radical (unpaired) electrons. The topological polar surface area (TPSA) is 111 Å². The van der Waals surface area contributed by atoms with Crippen LogP contribution in [-0.2, 0) is 4.79 Å². The number of para-hydroxylation sites is 1. The molecule has 2 N–H and O–H groups in total. The number of nitrogens with one attached hydrogen (secondary N) is 1. The van der Waals surface area contributed by atoms with Crippen molar-refractivity contribution in [1.29, 1.82) is 5.26 Å². The number of benzene rings is 4. The summed E-state index contributed by atoms with van der Waals surface area (Å²) in [6.45, 7) is 3.27. The third kappa shape index (κ3) is 5.01. The number of anilines is 1. The van der Waals surface area contributed by atoms with Crippen LogP contribution in [0.3, 0.4) is 0 Å². The number of halogens is 1. The number of urea groups is 1. The van der Waals surface area contributed by atoms with E-state index in [1.807, 2.05) is 13.0 Å². The van der Waals surface area contributed by atoms with Gasteiger partial charge in [-0.15, -0.1) is 0 Å². The van der Waals surface area contributed by atoms with Crippen molar-refractivity contribution in [2.45, 2.75) is 31.3 Å². The number of hydrogen-bond acceptors (Lipinski definition) is 4. The molecule has 0 spiro atoms. The first kappa shape index (κ1) is 28.2. The van der Waals surface area contributed by atoms with Gasteiger partial charge in [0.25, 0.3) is 0 Å². The average Bonchev–Trinajstić information content (AvgIpc) is 3.28. The van der Waals surface area contributed by atoms with Crippen LogP contribution in [0.2, 0.25) is 0 Å². The molecule has 4 atom stereocenters. The van der Waals surface area contributed by atoms with Gasteiger partial charge in [0.2, 0.25) is 0 Å². The molecule has 7 nitrogen and oxygen atoms in total. The molecule has 1 aliphatic heterocycles. The quantitative estimate of drug-likeness (QED) is 0.254. The Labute approximate surface area is 242 Å². The number of likely N-dealkylation sites (tertiary alicyclic amines) is 1. The third-order valence-corrected chi connectivity index (χ3v) is 7.98. The first-order valence-electron chi connectivity index (χ1n) is 13.4. The van der Waals surface area contributed by atoms with E-state index in [1.165, 1.54) is 36.1 Å². The highest BCUT2D eigenvalue weighted by molar-refractivity contribution is 6.03. The number of hydrogen-bond donors (Lipinski definition) is 2. The van der Waals surface area contributed by atoms with Crippen LogP contribution >= 0.6 is 0 Å². The fourth-order valence-electron chi connectivity index (χ4n) is 6.01. The minimum Gasteiger partial charge on any atom is -0.479 e. The molecule has 1 aliphatic rings. The molecule has 5 rings (SSSR count). The van der Waals surface area contributed by atoms with Crippen molar-refractivity contribution in [2.24, 2.45) is 5.92 Å². The second kappa shape index (κ2) is 11.3. The van der Waals surface area contributed by atoms with E-state index < -0.39 is 41.2 Å². The van der Waals surface area contributed by atoms with Gasteiger partial charge in [0.15, 0.2) is 5.78 Å². The summed E-state index contributed by atoms with van der Waals surface area (Å²) in [7, 11) is 0. The molecule has 8 heteroatoms. The standard InChI is InChI=1S/C34H28FN3O4/c1-21-7-6-8-25(19-21)31(39)28-29(23-15-17-26(35)18-16-23)34(2,32(40)41)38(33(42)37-27-9-4-3-5-10-27)30(28)24-13-11-22(20-36)12-14-24/h3-19,28-30H,1-2H3,(H,37,42)(H,40,41). The summed E-state index contributed by atoms with van der Waals surface area (Å²) in [6, 6.07) is 27.7. The lowest BCUT2D eigenvalue weighted by Gasteiger charge is -2.37. The van der Waals surface area contributed by atoms with E-state index in [1.54, 1.807) is 72.8 Å². The van der Waals surface area contributed by atoms with Crippen LogP contribution in [0.5, 0.6) is 0 Å². The van der Waals surface area contributed by atoms with Crippen molar-refractivity contribution in [1.82, 2.24) is 4.90 Å². The number of aryl methyl sites for hydroxylation is 1. The van der Waals surface area contributed by atoms with Crippen molar-refractivity contribution in [3.8, 4) is 6.07 Å². The number of rotatable bonds is 6. The zero-order valence-electron chi connectivity index (χ0n) is 23.0. The van der Waals surface area contributed by atoms with Gasteiger partial charge < -0.3 is 10.4 Å². The van der Waals surface area contributed by atoms with Crippen molar-refractivity contribution in [2.75, 3.05) is 5.32 Å². The summed E-state index contributed by atoms with van der Waals surface area (Å²) in [5, 5.41) is 23.1. The van der Waals surface area contributed by atoms with Gasteiger partial charge in [-0.2, -0.15) is 5.26 Å². The Hall–Kier alpha value is -5.29. The molecule has 0 bridgehead atoms. The molecule has 4 aromatic carbocycles. The summed E-state index contributed by atoms with van der Waals surface area (Å²) < 4.78 is 14.1. The summed E-state index contributed by atoms with van der Waals surface area (Å²) in [6.07, 6.45) is 0. The number of carboxylic acids is 1. The molecular formula is C34H28FN3O4. The number of aliphatic carboxylic acids is 1. The largest absolute Gasteiger partial charge is 0.479 e. The highest BCUT2D eigenvalue weighted by Gasteiger charge is 2.65. The lowest BCUT2D eigenvalue weighted by molar-refractivity contribution is -0.148. The van der Waals surface area contributed by atoms with Gasteiger partial charge in [-0.05, 0) is 67.4 Å². The van der Waals surface area contributed by atoms with E-state index in [9.17, 15) is 29.1 Å². The Balaban J connectivity index is 1.78. The number of carboxylic acid groups (broad SMARTS) is 1. The van der Waals surface area contributed by atoms with Crippen LogP contribution in [0, 0.1) is 30.0 Å². The molecule has 0 saturated carbocycles. The molecule has 0 aliphatic carbocycles.